The van der Waals surface area contributed by atoms with Gasteiger partial charge in [-0.2, -0.15) is 0 Å². The highest BCUT2D eigenvalue weighted by Gasteiger charge is 2.26. The molecule has 51 heavy (non-hydrogen) atoms. The molecule has 304 valence electrons. The van der Waals surface area contributed by atoms with Crippen molar-refractivity contribution in [2.45, 2.75) is 219 Å². The Hall–Kier alpha value is -1.03. The van der Waals surface area contributed by atoms with Crippen LogP contribution in [0.3, 0.4) is 0 Å². The van der Waals surface area contributed by atoms with E-state index < -0.39 is 51.8 Å². The first-order chi connectivity index (χ1) is 24.7. The van der Waals surface area contributed by atoms with Crippen LogP contribution >= 0.6 is 7.82 Å². The molecule has 11 heteroatoms. The average molecular weight is 751 g/mol. The van der Waals surface area contributed by atoms with Crippen molar-refractivity contribution in [1.82, 2.24) is 0 Å². The van der Waals surface area contributed by atoms with E-state index in [4.69, 9.17) is 19.1 Å². The Labute approximate surface area is 312 Å². The third kappa shape index (κ3) is 38.5. The maximum absolute atomic E-state index is 12.1. The normalized spacial score (nSPS) is 13.9. The van der Waals surface area contributed by atoms with Crippen LogP contribution in [-0.2, 0) is 32.7 Å². The Morgan fingerprint density at radius 3 is 1.22 bits per heavy atom. The largest absolute Gasteiger partial charge is 0.472 e. The number of esters is 2. The summed E-state index contributed by atoms with van der Waals surface area (Å²) in [7, 11) is -4.56. The number of phosphoric ester groups is 1. The number of aliphatic hydroxyl groups is 2. The summed E-state index contributed by atoms with van der Waals surface area (Å²) in [5, 5.41) is 18.0. The van der Waals surface area contributed by atoms with Crippen molar-refractivity contribution in [1.29, 1.82) is 0 Å². The van der Waals surface area contributed by atoms with E-state index in [2.05, 4.69) is 11.4 Å². The highest BCUT2D eigenvalue weighted by molar-refractivity contribution is 7.47. The second-order valence-electron chi connectivity index (χ2n) is 14.5. The van der Waals surface area contributed by atoms with Crippen LogP contribution in [0, 0.1) is 0 Å². The first kappa shape index (κ1) is 50.0. The fraction of sp³-hybridized carbons (Fsp3) is 0.950. The second kappa shape index (κ2) is 37.3. The standard InChI is InChI=1S/C40H79O10P/c1-3-4-5-6-7-8-9-10-11-12-13-14-15-16-17-18-19-20-21-22-23-24-25-26-27-28-29-30-31-32-40(44)47-35-39(50-37(2)42)36-49-51(45,46)48-34-38(43)33-41/h38-39,41,43H,3-36H2,1-2H3,(H,45,46)/t38-,39+/m0/s1. The van der Waals surface area contributed by atoms with Gasteiger partial charge in [-0.05, 0) is 6.42 Å². The van der Waals surface area contributed by atoms with E-state index in [0.29, 0.717) is 6.42 Å². The van der Waals surface area contributed by atoms with Gasteiger partial charge in [-0.25, -0.2) is 4.57 Å². The number of ether oxygens (including phenoxy) is 2. The summed E-state index contributed by atoms with van der Waals surface area (Å²) in [5.41, 5.74) is 0. The lowest BCUT2D eigenvalue weighted by Crippen LogP contribution is -2.29. The van der Waals surface area contributed by atoms with Crippen LogP contribution in [0.4, 0.5) is 0 Å². The van der Waals surface area contributed by atoms with E-state index in [1.54, 1.807) is 0 Å². The Bertz CT molecular complexity index is 827. The van der Waals surface area contributed by atoms with Crippen LogP contribution in [0.25, 0.3) is 0 Å². The van der Waals surface area contributed by atoms with Gasteiger partial charge in [0, 0.05) is 13.3 Å². The SMILES string of the molecule is CCCCCCCCCCCCCCCCCCCCCCCCCCCCCCCC(=O)OC[C@H](COP(=O)(O)OC[C@@H](O)CO)OC(C)=O. The van der Waals surface area contributed by atoms with E-state index in [9.17, 15) is 24.2 Å². The fourth-order valence-corrected chi connectivity index (χ4v) is 6.96. The van der Waals surface area contributed by atoms with Crippen molar-refractivity contribution in [3.8, 4) is 0 Å². The minimum absolute atomic E-state index is 0.244. The van der Waals surface area contributed by atoms with E-state index in [1.807, 2.05) is 0 Å². The van der Waals surface area contributed by atoms with Gasteiger partial charge in [0.05, 0.1) is 19.8 Å². The van der Waals surface area contributed by atoms with Crippen molar-refractivity contribution in [2.75, 3.05) is 26.4 Å². The molecule has 1 unspecified atom stereocenters. The molecule has 3 atom stereocenters. The van der Waals surface area contributed by atoms with Gasteiger partial charge < -0.3 is 24.6 Å². The third-order valence-corrected chi connectivity index (χ3v) is 10.3. The fourth-order valence-electron chi connectivity index (χ4n) is 6.17. The molecule has 0 bridgehead atoms. The lowest BCUT2D eigenvalue weighted by Gasteiger charge is -2.19. The molecule has 0 aromatic heterocycles. The van der Waals surface area contributed by atoms with Crippen LogP contribution in [0.2, 0.25) is 0 Å². The summed E-state index contributed by atoms with van der Waals surface area (Å²) in [6, 6.07) is 0. The number of hydrogen-bond acceptors (Lipinski definition) is 9. The molecule has 3 N–H and O–H groups in total. The van der Waals surface area contributed by atoms with Crippen molar-refractivity contribution in [3.05, 3.63) is 0 Å². The molecule has 0 amide bonds. The van der Waals surface area contributed by atoms with E-state index in [1.165, 1.54) is 167 Å². The maximum atomic E-state index is 12.1. The minimum atomic E-state index is -4.56. The van der Waals surface area contributed by atoms with E-state index in [0.717, 1.165) is 19.8 Å². The van der Waals surface area contributed by atoms with Crippen LogP contribution in [0.15, 0.2) is 0 Å². The summed E-state index contributed by atoms with van der Waals surface area (Å²) < 4.78 is 31.4. The molecule has 0 fully saturated rings. The van der Waals surface area contributed by atoms with Gasteiger partial charge in [0.25, 0.3) is 0 Å². The molecule has 0 radical (unpaired) electrons. The lowest BCUT2D eigenvalue weighted by molar-refractivity contribution is -0.159. The Morgan fingerprint density at radius 1 is 0.549 bits per heavy atom. The Morgan fingerprint density at radius 2 is 0.882 bits per heavy atom. The topological polar surface area (TPSA) is 149 Å². The van der Waals surface area contributed by atoms with Crippen LogP contribution in [0.1, 0.15) is 206 Å². The van der Waals surface area contributed by atoms with Gasteiger partial charge in [-0.3, -0.25) is 18.6 Å². The number of rotatable bonds is 40. The number of hydrogen-bond donors (Lipinski definition) is 3. The monoisotopic (exact) mass is 751 g/mol. The molecule has 10 nitrogen and oxygen atoms in total. The lowest BCUT2D eigenvalue weighted by atomic mass is 10.0. The van der Waals surface area contributed by atoms with Crippen molar-refractivity contribution in [2.24, 2.45) is 0 Å². The quantitative estimate of drug-likeness (QED) is 0.0314. The molecule has 0 saturated carbocycles. The zero-order chi connectivity index (χ0) is 37.7. The molecule has 0 spiro atoms. The molecular weight excluding hydrogens is 671 g/mol. The van der Waals surface area contributed by atoms with Gasteiger partial charge >= 0.3 is 19.8 Å². The summed E-state index contributed by atoms with van der Waals surface area (Å²) in [6.07, 6.45) is 36.7. The predicted octanol–water partition coefficient (Wildman–Crippen LogP) is 10.7. The van der Waals surface area contributed by atoms with Crippen LogP contribution in [0.5, 0.6) is 0 Å². The highest BCUT2D eigenvalue weighted by Crippen LogP contribution is 2.43. The number of phosphoric acid groups is 1. The van der Waals surface area contributed by atoms with Gasteiger partial charge in [-0.1, -0.05) is 187 Å². The summed E-state index contributed by atoms with van der Waals surface area (Å²) in [4.78, 5) is 33.1. The van der Waals surface area contributed by atoms with Crippen LogP contribution < -0.4 is 0 Å². The number of carbonyl (C=O) groups is 2. The van der Waals surface area contributed by atoms with Gasteiger partial charge in [0.2, 0.25) is 0 Å². The van der Waals surface area contributed by atoms with Gasteiger partial charge in [0.15, 0.2) is 6.10 Å². The molecule has 0 aliphatic rings. The zero-order valence-electron chi connectivity index (χ0n) is 32.8. The minimum Gasteiger partial charge on any atom is -0.462 e. The van der Waals surface area contributed by atoms with Gasteiger partial charge in [-0.15, -0.1) is 0 Å². The van der Waals surface area contributed by atoms with E-state index in [-0.39, 0.29) is 13.0 Å². The maximum Gasteiger partial charge on any atom is 0.472 e. The van der Waals surface area contributed by atoms with Crippen LogP contribution in [-0.4, -0.2) is 65.7 Å². The highest BCUT2D eigenvalue weighted by atomic mass is 31.2. The van der Waals surface area contributed by atoms with Gasteiger partial charge in [0.1, 0.15) is 12.7 Å². The smallest absolute Gasteiger partial charge is 0.462 e. The number of aliphatic hydroxyl groups excluding tert-OH is 2. The number of carbonyl (C=O) groups excluding carboxylic acids is 2. The number of unbranched alkanes of at least 4 members (excludes halogenated alkanes) is 28. The summed E-state index contributed by atoms with van der Waals surface area (Å²) in [6.45, 7) is 1.32. The first-order valence-electron chi connectivity index (χ1n) is 20.9. The van der Waals surface area contributed by atoms with E-state index >= 15 is 0 Å². The molecule has 0 aliphatic carbocycles. The predicted molar refractivity (Wildman–Crippen MR) is 206 cm³/mol. The molecule has 0 rings (SSSR count). The average Bonchev–Trinajstić information content (AvgIpc) is 3.10. The Balaban J connectivity index is 3.49. The molecule has 0 aliphatic heterocycles. The third-order valence-electron chi connectivity index (χ3n) is 9.31. The van der Waals surface area contributed by atoms with Crippen molar-refractivity contribution < 1.29 is 47.8 Å². The molecular formula is C40H79O10P. The summed E-state index contributed by atoms with van der Waals surface area (Å²) >= 11 is 0. The summed E-state index contributed by atoms with van der Waals surface area (Å²) in [5.74, 6) is -1.10. The Kier molecular flexibility index (Phi) is 36.5. The molecule has 0 aromatic rings. The zero-order valence-corrected chi connectivity index (χ0v) is 33.7. The molecule has 0 heterocycles. The van der Waals surface area contributed by atoms with Crippen molar-refractivity contribution >= 4 is 19.8 Å². The first-order valence-corrected chi connectivity index (χ1v) is 22.4. The molecule has 0 aromatic carbocycles. The molecule has 0 saturated heterocycles. The van der Waals surface area contributed by atoms with Crippen molar-refractivity contribution in [3.63, 3.8) is 0 Å². The second-order valence-corrected chi connectivity index (χ2v) is 15.9.